The van der Waals surface area contributed by atoms with Gasteiger partial charge >= 0.3 is 5.97 Å². The van der Waals surface area contributed by atoms with Crippen LogP contribution in [0, 0.1) is 11.6 Å². The van der Waals surface area contributed by atoms with Crippen molar-refractivity contribution in [2.24, 2.45) is 0 Å². The van der Waals surface area contributed by atoms with E-state index in [0.29, 0.717) is 0 Å². The van der Waals surface area contributed by atoms with E-state index in [1.807, 2.05) is 0 Å². The summed E-state index contributed by atoms with van der Waals surface area (Å²) < 4.78 is 26.5. The van der Waals surface area contributed by atoms with Crippen molar-refractivity contribution < 1.29 is 18.7 Å². The fourth-order valence-electron chi connectivity index (χ4n) is 1.44. The molecule has 0 spiro atoms. The largest absolute Gasteiger partial charge is 0.478 e. The third-order valence-corrected chi connectivity index (χ3v) is 2.61. The second-order valence-corrected chi connectivity index (χ2v) is 3.98. The zero-order valence-corrected chi connectivity index (χ0v) is 10.1. The van der Waals surface area contributed by atoms with Crippen molar-refractivity contribution in [3.63, 3.8) is 0 Å². The van der Waals surface area contributed by atoms with Crippen molar-refractivity contribution in [1.29, 1.82) is 0 Å². The van der Waals surface area contributed by atoms with Gasteiger partial charge in [0.15, 0.2) is 0 Å². The number of carboxylic acid groups (broad SMARTS) is 1. The molecule has 0 radical (unpaired) electrons. The molecule has 0 bridgehead atoms. The molecule has 2 rings (SSSR count). The van der Waals surface area contributed by atoms with Crippen molar-refractivity contribution in [2.45, 2.75) is 0 Å². The SMILES string of the molecule is O=C(O)c1cc(F)cnc1Nc1c(F)cccc1Cl. The van der Waals surface area contributed by atoms with Gasteiger partial charge in [-0.2, -0.15) is 0 Å². The fraction of sp³-hybridized carbons (Fsp3) is 0. The molecule has 0 aliphatic carbocycles. The summed E-state index contributed by atoms with van der Waals surface area (Å²) in [6.45, 7) is 0. The molecule has 0 saturated heterocycles. The lowest BCUT2D eigenvalue weighted by molar-refractivity contribution is 0.0697. The van der Waals surface area contributed by atoms with E-state index in [4.69, 9.17) is 16.7 Å². The molecule has 2 N–H and O–H groups in total. The molecule has 2 aromatic rings. The number of rotatable bonds is 3. The van der Waals surface area contributed by atoms with Crippen LogP contribution in [0.1, 0.15) is 10.4 Å². The fourth-order valence-corrected chi connectivity index (χ4v) is 1.65. The number of nitrogens with zero attached hydrogens (tertiary/aromatic N) is 1. The number of halogens is 3. The van der Waals surface area contributed by atoms with Crippen LogP contribution in [0.15, 0.2) is 30.5 Å². The Morgan fingerprint density at radius 3 is 2.74 bits per heavy atom. The normalized spacial score (nSPS) is 10.3. The molecule has 1 aromatic carbocycles. The second-order valence-electron chi connectivity index (χ2n) is 3.58. The Labute approximate surface area is 111 Å². The number of anilines is 2. The zero-order chi connectivity index (χ0) is 14.0. The maximum Gasteiger partial charge on any atom is 0.339 e. The van der Waals surface area contributed by atoms with Crippen LogP contribution in [0.4, 0.5) is 20.3 Å². The molecule has 0 aliphatic rings. The first kappa shape index (κ1) is 13.2. The number of para-hydroxylation sites is 1. The van der Waals surface area contributed by atoms with Crippen LogP contribution in [0.5, 0.6) is 0 Å². The Balaban J connectivity index is 2.47. The Morgan fingerprint density at radius 2 is 2.11 bits per heavy atom. The van der Waals surface area contributed by atoms with Crippen LogP contribution >= 0.6 is 11.6 Å². The second kappa shape index (κ2) is 5.19. The van der Waals surface area contributed by atoms with Crippen molar-refractivity contribution in [3.05, 3.63) is 52.7 Å². The summed E-state index contributed by atoms with van der Waals surface area (Å²) >= 11 is 5.79. The highest BCUT2D eigenvalue weighted by Gasteiger charge is 2.15. The predicted molar refractivity (Wildman–Crippen MR) is 65.8 cm³/mol. The molecular formula is C12H7ClF2N2O2. The Bertz CT molecular complexity index is 629. The molecule has 7 heteroatoms. The van der Waals surface area contributed by atoms with E-state index in [1.165, 1.54) is 12.1 Å². The number of benzene rings is 1. The molecule has 0 unspecified atom stereocenters. The van der Waals surface area contributed by atoms with Gasteiger partial charge in [0.1, 0.15) is 23.0 Å². The molecule has 0 amide bonds. The number of aromatic carboxylic acids is 1. The number of carbonyl (C=O) groups is 1. The summed E-state index contributed by atoms with van der Waals surface area (Å²) in [7, 11) is 0. The highest BCUT2D eigenvalue weighted by molar-refractivity contribution is 6.33. The average Bonchev–Trinajstić information content (AvgIpc) is 2.35. The summed E-state index contributed by atoms with van der Waals surface area (Å²) in [6.07, 6.45) is 0.823. The molecule has 1 heterocycles. The maximum atomic E-state index is 13.6. The maximum absolute atomic E-state index is 13.6. The first-order chi connectivity index (χ1) is 8.99. The molecule has 19 heavy (non-hydrogen) atoms. The van der Waals surface area contributed by atoms with Crippen molar-refractivity contribution in [3.8, 4) is 0 Å². The van der Waals surface area contributed by atoms with Crippen LogP contribution in [-0.4, -0.2) is 16.1 Å². The van der Waals surface area contributed by atoms with E-state index in [1.54, 1.807) is 0 Å². The van der Waals surface area contributed by atoms with Crippen molar-refractivity contribution in [2.75, 3.05) is 5.32 Å². The molecule has 0 atom stereocenters. The number of hydrogen-bond donors (Lipinski definition) is 2. The molecule has 4 nitrogen and oxygen atoms in total. The van der Waals surface area contributed by atoms with Gasteiger partial charge in [-0.05, 0) is 18.2 Å². The monoisotopic (exact) mass is 284 g/mol. The Kier molecular flexibility index (Phi) is 3.62. The lowest BCUT2D eigenvalue weighted by atomic mass is 10.2. The number of hydrogen-bond acceptors (Lipinski definition) is 3. The molecule has 0 aliphatic heterocycles. The predicted octanol–water partition coefficient (Wildman–Crippen LogP) is 3.46. The van der Waals surface area contributed by atoms with Gasteiger partial charge in [0.25, 0.3) is 0 Å². The van der Waals surface area contributed by atoms with Crippen LogP contribution in [0.25, 0.3) is 0 Å². The Hall–Kier alpha value is -2.21. The quantitative estimate of drug-likeness (QED) is 0.906. The molecule has 1 aromatic heterocycles. The number of aromatic nitrogens is 1. The van der Waals surface area contributed by atoms with Crippen LogP contribution in [-0.2, 0) is 0 Å². The standard InChI is InChI=1S/C12H7ClF2N2O2/c13-8-2-1-3-9(15)10(8)17-11-7(12(18)19)4-6(14)5-16-11/h1-5H,(H,16,17)(H,18,19). The highest BCUT2D eigenvalue weighted by atomic mass is 35.5. The minimum absolute atomic E-state index is 0.0578. The third-order valence-electron chi connectivity index (χ3n) is 2.29. The molecular weight excluding hydrogens is 278 g/mol. The summed E-state index contributed by atoms with van der Waals surface area (Å²) in [5.41, 5.74) is -0.537. The van der Waals surface area contributed by atoms with Gasteiger partial charge < -0.3 is 10.4 Å². The first-order valence-electron chi connectivity index (χ1n) is 5.09. The summed E-state index contributed by atoms with van der Waals surface area (Å²) in [5.74, 6) is -3.06. The van der Waals surface area contributed by atoms with Crippen LogP contribution < -0.4 is 5.32 Å². The van der Waals surface area contributed by atoms with E-state index >= 15 is 0 Å². The topological polar surface area (TPSA) is 62.2 Å². The minimum atomic E-state index is -1.39. The Morgan fingerprint density at radius 1 is 1.37 bits per heavy atom. The van der Waals surface area contributed by atoms with Gasteiger partial charge in [-0.3, -0.25) is 0 Å². The van der Waals surface area contributed by atoms with E-state index in [2.05, 4.69) is 10.3 Å². The highest BCUT2D eigenvalue weighted by Crippen LogP contribution is 2.28. The van der Waals surface area contributed by atoms with Crippen molar-refractivity contribution in [1.82, 2.24) is 4.98 Å². The molecule has 0 fully saturated rings. The van der Waals surface area contributed by atoms with Gasteiger partial charge in [-0.25, -0.2) is 18.6 Å². The average molecular weight is 285 g/mol. The van der Waals surface area contributed by atoms with E-state index in [9.17, 15) is 13.6 Å². The van der Waals surface area contributed by atoms with Crippen LogP contribution in [0.2, 0.25) is 5.02 Å². The van der Waals surface area contributed by atoms with Gasteiger partial charge in [0, 0.05) is 0 Å². The van der Waals surface area contributed by atoms with Gasteiger partial charge in [-0.1, -0.05) is 17.7 Å². The summed E-state index contributed by atoms with van der Waals surface area (Å²) in [5, 5.41) is 11.4. The number of nitrogens with one attached hydrogen (secondary N) is 1. The molecule has 0 saturated carbocycles. The summed E-state index contributed by atoms with van der Waals surface area (Å²) in [6, 6.07) is 4.76. The summed E-state index contributed by atoms with van der Waals surface area (Å²) in [4.78, 5) is 14.5. The number of pyridine rings is 1. The van der Waals surface area contributed by atoms with Gasteiger partial charge in [0.05, 0.1) is 16.9 Å². The number of carboxylic acids is 1. The third kappa shape index (κ3) is 2.79. The van der Waals surface area contributed by atoms with Gasteiger partial charge in [0.2, 0.25) is 0 Å². The van der Waals surface area contributed by atoms with E-state index in [0.717, 1.165) is 18.3 Å². The molecule has 98 valence electrons. The van der Waals surface area contributed by atoms with E-state index in [-0.39, 0.29) is 16.5 Å². The van der Waals surface area contributed by atoms with Crippen LogP contribution in [0.3, 0.4) is 0 Å². The minimum Gasteiger partial charge on any atom is -0.478 e. The smallest absolute Gasteiger partial charge is 0.339 e. The van der Waals surface area contributed by atoms with Gasteiger partial charge in [-0.15, -0.1) is 0 Å². The lowest BCUT2D eigenvalue weighted by Crippen LogP contribution is -2.06. The van der Waals surface area contributed by atoms with E-state index < -0.39 is 23.2 Å². The van der Waals surface area contributed by atoms with Crippen molar-refractivity contribution >= 4 is 29.1 Å². The lowest BCUT2D eigenvalue weighted by Gasteiger charge is -2.10. The zero-order valence-electron chi connectivity index (χ0n) is 9.32. The first-order valence-corrected chi connectivity index (χ1v) is 5.46.